The van der Waals surface area contributed by atoms with Gasteiger partial charge in [-0.15, -0.1) is 11.8 Å². The third-order valence-corrected chi connectivity index (χ3v) is 14.2. The highest BCUT2D eigenvalue weighted by molar-refractivity contribution is 8.13. The van der Waals surface area contributed by atoms with E-state index in [2.05, 4.69) is 33.4 Å². The molecule has 4 amide bonds. The minimum absolute atomic E-state index is 0.0925. The molecule has 344 valence electrons. The molecule has 0 bridgehead atoms. The second-order valence-corrected chi connectivity index (χ2v) is 20.0. The summed E-state index contributed by atoms with van der Waals surface area (Å²) in [5.41, 5.74) is 2.41. The van der Waals surface area contributed by atoms with E-state index in [0.29, 0.717) is 29.8 Å². The molecular formula is C53H43ClF2N4O6S2. The highest BCUT2D eigenvalue weighted by Gasteiger charge is 2.62. The predicted octanol–water partition coefficient (Wildman–Crippen LogP) is 10.5. The molecule has 2 saturated carbocycles. The average Bonchev–Trinajstić information content (AvgIpc) is 4.28. The summed E-state index contributed by atoms with van der Waals surface area (Å²) < 4.78 is 49.4. The van der Waals surface area contributed by atoms with Crippen molar-refractivity contribution >= 4 is 66.5 Å². The molecule has 9 rings (SSSR count). The molecule has 68 heavy (non-hydrogen) atoms. The lowest BCUT2D eigenvalue weighted by molar-refractivity contribution is -0.119. The van der Waals surface area contributed by atoms with Crippen molar-refractivity contribution in [2.45, 2.75) is 51.3 Å². The van der Waals surface area contributed by atoms with E-state index in [9.17, 15) is 36.4 Å². The van der Waals surface area contributed by atoms with Gasteiger partial charge >= 0.3 is 0 Å². The number of hydrogen-bond acceptors (Lipinski definition) is 7. The Morgan fingerprint density at radius 2 is 0.912 bits per heavy atom. The zero-order chi connectivity index (χ0) is 47.9. The molecule has 2 fully saturated rings. The van der Waals surface area contributed by atoms with Crippen molar-refractivity contribution < 1.29 is 36.4 Å². The molecule has 0 aromatic heterocycles. The van der Waals surface area contributed by atoms with Gasteiger partial charge in [-0.2, -0.15) is 0 Å². The molecular weight excluding hydrogens is 926 g/mol. The topological polar surface area (TPSA) is 151 Å². The van der Waals surface area contributed by atoms with Crippen LogP contribution >= 0.6 is 22.4 Å². The fraction of sp³-hybridized carbons (Fsp3) is 0.132. The van der Waals surface area contributed by atoms with Crippen molar-refractivity contribution in [3.63, 3.8) is 0 Å². The number of carbonyl (C=O) groups excluding carboxylic acids is 4. The van der Waals surface area contributed by atoms with Crippen molar-refractivity contribution in [3.8, 4) is 0 Å². The summed E-state index contributed by atoms with van der Waals surface area (Å²) in [5.74, 6) is -2.04. The van der Waals surface area contributed by atoms with E-state index in [4.69, 9.17) is 10.7 Å². The maximum absolute atomic E-state index is 13.5. The van der Waals surface area contributed by atoms with Crippen molar-refractivity contribution in [2.75, 3.05) is 10.6 Å². The molecule has 4 unspecified atom stereocenters. The summed E-state index contributed by atoms with van der Waals surface area (Å²) in [6.07, 6.45) is 0.866. The van der Waals surface area contributed by atoms with Crippen LogP contribution in [0.15, 0.2) is 198 Å². The molecule has 2 aliphatic carbocycles. The summed E-state index contributed by atoms with van der Waals surface area (Å²) in [5, 5.41) is 11.5. The number of anilines is 2. The molecule has 10 nitrogen and oxygen atoms in total. The lowest BCUT2D eigenvalue weighted by atomic mass is 10.0. The lowest BCUT2D eigenvalue weighted by Gasteiger charge is -2.20. The van der Waals surface area contributed by atoms with E-state index in [-0.39, 0.29) is 28.2 Å². The Balaban J connectivity index is 0.000000185. The third kappa shape index (κ3) is 11.3. The largest absolute Gasteiger partial charge is 0.337 e. The Morgan fingerprint density at radius 1 is 0.529 bits per heavy atom. The second-order valence-electron chi connectivity index (χ2n) is 16.4. The van der Waals surface area contributed by atoms with Crippen molar-refractivity contribution in [3.05, 3.63) is 228 Å². The van der Waals surface area contributed by atoms with Crippen LogP contribution in [0.1, 0.15) is 62.1 Å². The Bertz CT molecular complexity index is 3030. The standard InChI is InChI=1S/C30H25FN2O2S.C23H18ClFN2O4S/c31-24-13-11-23(12-14-24)28(34)33-30(19-27(30)22-9-5-2-6-10-22)29(35)32-25-15-17-26(18-16-25)36-20-21-7-3-1-4-8-21;24-32(30,31)19-12-10-18(11-13-19)26-22(29)23(14-20(23)15-4-2-1-3-5-15)27-21(28)16-6-8-17(25)9-7-16/h1-18,27H,19-20H2,(H,32,35)(H,33,34);1-13,20H,14H2,(H,26,29)(H,27,28). The summed E-state index contributed by atoms with van der Waals surface area (Å²) in [4.78, 5) is 53.5. The van der Waals surface area contributed by atoms with E-state index >= 15 is 0 Å². The van der Waals surface area contributed by atoms with Crippen molar-refractivity contribution in [1.82, 2.24) is 10.6 Å². The van der Waals surface area contributed by atoms with Crippen LogP contribution in [0.2, 0.25) is 0 Å². The maximum Gasteiger partial charge on any atom is 0.261 e. The zero-order valence-electron chi connectivity index (χ0n) is 36.1. The maximum atomic E-state index is 13.5. The Morgan fingerprint density at radius 3 is 1.31 bits per heavy atom. The van der Waals surface area contributed by atoms with Crippen molar-refractivity contribution in [2.24, 2.45) is 0 Å². The predicted molar refractivity (Wildman–Crippen MR) is 260 cm³/mol. The molecule has 7 aromatic rings. The average molecular weight is 970 g/mol. The highest BCUT2D eigenvalue weighted by atomic mass is 35.7. The number of benzene rings is 7. The third-order valence-electron chi connectivity index (χ3n) is 11.8. The first-order valence-electron chi connectivity index (χ1n) is 21.4. The molecule has 15 heteroatoms. The van der Waals surface area contributed by atoms with Gasteiger partial charge < -0.3 is 21.3 Å². The second kappa shape index (κ2) is 20.4. The Kier molecular flexibility index (Phi) is 14.2. The number of hydrogen-bond donors (Lipinski definition) is 4. The first-order valence-corrected chi connectivity index (χ1v) is 24.7. The molecule has 7 aromatic carbocycles. The van der Waals surface area contributed by atoms with Gasteiger partial charge in [-0.3, -0.25) is 19.2 Å². The Labute approximate surface area is 401 Å². The number of nitrogens with one attached hydrogen (secondary N) is 4. The van der Waals surface area contributed by atoms with Gasteiger partial charge in [-0.25, -0.2) is 17.2 Å². The highest BCUT2D eigenvalue weighted by Crippen LogP contribution is 2.53. The lowest BCUT2D eigenvalue weighted by Crippen LogP contribution is -2.47. The summed E-state index contributed by atoms with van der Waals surface area (Å²) in [7, 11) is 1.44. The van der Waals surface area contributed by atoms with Gasteiger partial charge in [0.15, 0.2) is 0 Å². The van der Waals surface area contributed by atoms with Crippen LogP contribution in [-0.4, -0.2) is 43.1 Å². The molecule has 0 saturated heterocycles. The summed E-state index contributed by atoms with van der Waals surface area (Å²) in [6, 6.07) is 52.7. The van der Waals surface area contributed by atoms with E-state index < -0.39 is 49.5 Å². The monoisotopic (exact) mass is 968 g/mol. The molecule has 2 aliphatic rings. The summed E-state index contributed by atoms with van der Waals surface area (Å²) in [6.45, 7) is 0. The number of rotatable bonds is 14. The molecule has 0 heterocycles. The van der Waals surface area contributed by atoms with E-state index in [1.807, 2.05) is 103 Å². The number of amides is 4. The van der Waals surface area contributed by atoms with Crippen LogP contribution in [0.5, 0.6) is 0 Å². The minimum atomic E-state index is -3.88. The van der Waals surface area contributed by atoms with Gasteiger partial charge in [0.1, 0.15) is 22.7 Å². The Hall–Kier alpha value is -7.13. The molecule has 0 spiro atoms. The van der Waals surface area contributed by atoms with Crippen LogP contribution in [0, 0.1) is 11.6 Å². The van der Waals surface area contributed by atoms with E-state index in [1.54, 1.807) is 11.8 Å². The van der Waals surface area contributed by atoms with Crippen LogP contribution in [0.4, 0.5) is 20.2 Å². The van der Waals surface area contributed by atoms with Crippen molar-refractivity contribution in [1.29, 1.82) is 0 Å². The smallest absolute Gasteiger partial charge is 0.261 e. The van der Waals surface area contributed by atoms with Gasteiger partial charge in [0.2, 0.25) is 0 Å². The van der Waals surface area contributed by atoms with E-state index in [0.717, 1.165) is 21.8 Å². The van der Waals surface area contributed by atoms with Crippen LogP contribution in [-0.2, 0) is 24.4 Å². The quantitative estimate of drug-likeness (QED) is 0.0626. The van der Waals surface area contributed by atoms with Gasteiger partial charge in [-0.05, 0) is 127 Å². The van der Waals surface area contributed by atoms with Gasteiger partial charge in [-0.1, -0.05) is 91.0 Å². The molecule has 4 N–H and O–H groups in total. The number of thioether (sulfide) groups is 1. The van der Waals surface area contributed by atoms with Gasteiger partial charge in [0.25, 0.3) is 32.7 Å². The van der Waals surface area contributed by atoms with E-state index in [1.165, 1.54) is 78.4 Å². The van der Waals surface area contributed by atoms with Gasteiger partial charge in [0, 0.05) is 55.7 Å². The van der Waals surface area contributed by atoms with Crippen LogP contribution in [0.3, 0.4) is 0 Å². The molecule has 0 radical (unpaired) electrons. The fourth-order valence-electron chi connectivity index (χ4n) is 7.91. The fourth-order valence-corrected chi connectivity index (χ4v) is 9.53. The van der Waals surface area contributed by atoms with Crippen LogP contribution in [0.25, 0.3) is 0 Å². The minimum Gasteiger partial charge on any atom is -0.337 e. The zero-order valence-corrected chi connectivity index (χ0v) is 38.5. The number of carbonyl (C=O) groups is 4. The van der Waals surface area contributed by atoms with Gasteiger partial charge in [0.05, 0.1) is 4.90 Å². The SMILES string of the molecule is O=C(NC1(C(=O)Nc2ccc(S(=O)(=O)Cl)cc2)CC1c1ccccc1)c1ccc(F)cc1.O=C(NC1(C(=O)Nc2ccc(SCc3ccccc3)cc2)CC1c1ccccc1)c1ccc(F)cc1. The van der Waals surface area contributed by atoms with Crippen LogP contribution < -0.4 is 21.3 Å². The first kappa shape index (κ1) is 47.4. The molecule has 4 atom stereocenters. The molecule has 0 aliphatic heterocycles. The number of halogens is 3. The first-order chi connectivity index (χ1) is 32.7. The summed E-state index contributed by atoms with van der Waals surface area (Å²) >= 11 is 1.73. The normalized spacial score (nSPS) is 19.0.